The zero-order valence-electron chi connectivity index (χ0n) is 14.7. The molecule has 2 rings (SSSR count). The number of alkyl halides is 2. The van der Waals surface area contributed by atoms with Crippen molar-refractivity contribution in [1.29, 1.82) is 0 Å². The molecule has 146 valence electrons. The van der Waals surface area contributed by atoms with E-state index in [2.05, 4.69) is 20.4 Å². The quantitative estimate of drug-likeness (QED) is 0.536. The Labute approximate surface area is 151 Å². The first-order chi connectivity index (χ1) is 12.3. The minimum atomic E-state index is -2.97. The van der Waals surface area contributed by atoms with Gasteiger partial charge in [0, 0.05) is 19.6 Å². The van der Waals surface area contributed by atoms with Crippen LogP contribution in [0.1, 0.15) is 12.0 Å². The van der Waals surface area contributed by atoms with E-state index in [4.69, 9.17) is 4.74 Å². The largest absolute Gasteiger partial charge is 0.493 e. The van der Waals surface area contributed by atoms with Crippen LogP contribution in [0.25, 0.3) is 0 Å². The maximum atomic E-state index is 12.5. The Bertz CT molecular complexity index is 741. The average Bonchev–Trinajstić information content (AvgIpc) is 2.92. The highest BCUT2D eigenvalue weighted by Crippen LogP contribution is 2.29. The number of nitrogens with zero attached hydrogens (tertiary/aromatic N) is 1. The van der Waals surface area contributed by atoms with Gasteiger partial charge in [-0.05, 0) is 30.5 Å². The molecule has 1 unspecified atom stereocenters. The molecule has 2 N–H and O–H groups in total. The lowest BCUT2D eigenvalue weighted by Crippen LogP contribution is -2.44. The molecule has 7 nitrogen and oxygen atoms in total. The van der Waals surface area contributed by atoms with Gasteiger partial charge in [-0.1, -0.05) is 6.07 Å². The number of aliphatic imine (C=N–C) groups is 1. The first kappa shape index (κ1) is 20.2. The Morgan fingerprint density at radius 3 is 2.73 bits per heavy atom. The monoisotopic (exact) mass is 391 g/mol. The molecule has 0 aromatic heterocycles. The highest BCUT2D eigenvalue weighted by atomic mass is 32.2. The fourth-order valence-corrected chi connectivity index (χ4v) is 4.36. The first-order valence-corrected chi connectivity index (χ1v) is 9.94. The lowest BCUT2D eigenvalue weighted by atomic mass is 10.1. The molecule has 1 fully saturated rings. The summed E-state index contributed by atoms with van der Waals surface area (Å²) in [6, 6.07) is 4.69. The summed E-state index contributed by atoms with van der Waals surface area (Å²) in [5.41, 5.74) is 0.785. The second-order valence-corrected chi connectivity index (χ2v) is 8.09. The van der Waals surface area contributed by atoms with Crippen LogP contribution in [-0.2, 0) is 16.3 Å². The van der Waals surface area contributed by atoms with Gasteiger partial charge in [0.25, 0.3) is 0 Å². The highest BCUT2D eigenvalue weighted by Gasteiger charge is 2.28. The molecule has 1 saturated heterocycles. The van der Waals surface area contributed by atoms with Crippen LogP contribution >= 0.6 is 0 Å². The van der Waals surface area contributed by atoms with Gasteiger partial charge in [0.2, 0.25) is 0 Å². The molecule has 1 aliphatic heterocycles. The van der Waals surface area contributed by atoms with E-state index in [9.17, 15) is 17.2 Å². The molecule has 0 spiro atoms. The summed E-state index contributed by atoms with van der Waals surface area (Å²) in [5.74, 6) is 1.01. The highest BCUT2D eigenvalue weighted by molar-refractivity contribution is 7.91. The second kappa shape index (κ2) is 9.02. The SMILES string of the molecule is CN=C(NCCc1ccc(OC)c(OC(F)F)c1)NC1CCS(=O)(=O)C1. The van der Waals surface area contributed by atoms with Crippen molar-refractivity contribution in [2.75, 3.05) is 32.2 Å². The third-order valence-corrected chi connectivity index (χ3v) is 5.72. The maximum Gasteiger partial charge on any atom is 0.387 e. The molecule has 0 bridgehead atoms. The van der Waals surface area contributed by atoms with Crippen LogP contribution in [0.5, 0.6) is 11.5 Å². The molecule has 1 atom stereocenters. The van der Waals surface area contributed by atoms with E-state index in [1.807, 2.05) is 0 Å². The third-order valence-electron chi connectivity index (χ3n) is 3.95. The van der Waals surface area contributed by atoms with Crippen molar-refractivity contribution in [2.24, 2.45) is 4.99 Å². The standard InChI is InChI=1S/C16H23F2N3O4S/c1-19-16(21-12-6-8-26(22,23)10-12)20-7-5-11-3-4-13(24-2)14(9-11)25-15(17)18/h3-4,9,12,15H,5-8,10H2,1-2H3,(H2,19,20,21). The number of hydrogen-bond donors (Lipinski definition) is 2. The van der Waals surface area contributed by atoms with Crippen LogP contribution < -0.4 is 20.1 Å². The van der Waals surface area contributed by atoms with Gasteiger partial charge in [-0.25, -0.2) is 8.42 Å². The Morgan fingerprint density at radius 1 is 1.38 bits per heavy atom. The maximum absolute atomic E-state index is 12.5. The van der Waals surface area contributed by atoms with E-state index >= 15 is 0 Å². The summed E-state index contributed by atoms with van der Waals surface area (Å²) >= 11 is 0. The molecule has 0 saturated carbocycles. The molecule has 0 radical (unpaired) electrons. The van der Waals surface area contributed by atoms with Crippen molar-refractivity contribution < 1.29 is 26.7 Å². The molecule has 1 aromatic rings. The van der Waals surface area contributed by atoms with Crippen molar-refractivity contribution in [3.05, 3.63) is 23.8 Å². The number of methoxy groups -OCH3 is 1. The lowest BCUT2D eigenvalue weighted by Gasteiger charge is -2.16. The smallest absolute Gasteiger partial charge is 0.387 e. The summed E-state index contributed by atoms with van der Waals surface area (Å²) in [6.07, 6.45) is 1.09. The number of nitrogens with one attached hydrogen (secondary N) is 2. The number of hydrogen-bond acceptors (Lipinski definition) is 5. The predicted molar refractivity (Wildman–Crippen MR) is 94.9 cm³/mol. The Balaban J connectivity index is 1.88. The van der Waals surface area contributed by atoms with Gasteiger partial charge >= 0.3 is 6.61 Å². The van der Waals surface area contributed by atoms with Crippen LogP contribution in [-0.4, -0.2) is 59.2 Å². The molecule has 1 heterocycles. The third kappa shape index (κ3) is 6.01. The van der Waals surface area contributed by atoms with Gasteiger partial charge in [0.15, 0.2) is 27.3 Å². The minimum Gasteiger partial charge on any atom is -0.493 e. The van der Waals surface area contributed by atoms with Crippen LogP contribution in [0.15, 0.2) is 23.2 Å². The number of ether oxygens (including phenoxy) is 2. The summed E-state index contributed by atoms with van der Waals surface area (Å²) in [6.45, 7) is -2.44. The van der Waals surface area contributed by atoms with Gasteiger partial charge in [-0.3, -0.25) is 4.99 Å². The topological polar surface area (TPSA) is 89.0 Å². The number of halogens is 2. The normalized spacial score (nSPS) is 19.4. The van der Waals surface area contributed by atoms with E-state index in [0.717, 1.165) is 5.56 Å². The second-order valence-electron chi connectivity index (χ2n) is 5.86. The molecule has 0 aliphatic carbocycles. The first-order valence-electron chi connectivity index (χ1n) is 8.12. The van der Waals surface area contributed by atoms with Gasteiger partial charge in [-0.2, -0.15) is 8.78 Å². The lowest BCUT2D eigenvalue weighted by molar-refractivity contribution is -0.0512. The van der Waals surface area contributed by atoms with Crippen molar-refractivity contribution in [3.8, 4) is 11.5 Å². The fourth-order valence-electron chi connectivity index (χ4n) is 2.69. The summed E-state index contributed by atoms with van der Waals surface area (Å²) in [5, 5.41) is 6.16. The number of rotatable bonds is 7. The van der Waals surface area contributed by atoms with Crippen LogP contribution in [0.4, 0.5) is 8.78 Å². The summed E-state index contributed by atoms with van der Waals surface area (Å²) in [7, 11) is 0.0142. The number of benzene rings is 1. The van der Waals surface area contributed by atoms with E-state index in [1.54, 1.807) is 19.2 Å². The zero-order valence-corrected chi connectivity index (χ0v) is 15.5. The van der Waals surface area contributed by atoms with Crippen molar-refractivity contribution >= 4 is 15.8 Å². The molecule has 0 amide bonds. The van der Waals surface area contributed by atoms with E-state index < -0.39 is 16.4 Å². The average molecular weight is 391 g/mol. The van der Waals surface area contributed by atoms with Gasteiger partial charge in [-0.15, -0.1) is 0 Å². The van der Waals surface area contributed by atoms with Crippen LogP contribution in [0.2, 0.25) is 0 Å². The Morgan fingerprint density at radius 2 is 2.15 bits per heavy atom. The molecule has 10 heteroatoms. The van der Waals surface area contributed by atoms with Gasteiger partial charge in [0.1, 0.15) is 0 Å². The van der Waals surface area contributed by atoms with Crippen molar-refractivity contribution in [3.63, 3.8) is 0 Å². The van der Waals surface area contributed by atoms with Gasteiger partial charge < -0.3 is 20.1 Å². The summed E-state index contributed by atoms with van der Waals surface area (Å²) in [4.78, 5) is 4.07. The fraction of sp³-hybridized carbons (Fsp3) is 0.562. The Kier molecular flexibility index (Phi) is 7.01. The molecular weight excluding hydrogens is 368 g/mol. The molecule has 26 heavy (non-hydrogen) atoms. The Hall–Kier alpha value is -2.10. The van der Waals surface area contributed by atoms with Crippen molar-refractivity contribution in [2.45, 2.75) is 25.5 Å². The molecule has 1 aliphatic rings. The molecular formula is C16H23F2N3O4S. The predicted octanol–water partition coefficient (Wildman–Crippen LogP) is 1.19. The van der Waals surface area contributed by atoms with E-state index in [1.165, 1.54) is 13.2 Å². The van der Waals surface area contributed by atoms with Gasteiger partial charge in [0.05, 0.1) is 18.6 Å². The number of guanidine groups is 1. The van der Waals surface area contributed by atoms with E-state index in [0.29, 0.717) is 25.3 Å². The molecule has 1 aromatic carbocycles. The zero-order chi connectivity index (χ0) is 19.2. The van der Waals surface area contributed by atoms with E-state index in [-0.39, 0.29) is 29.0 Å². The summed E-state index contributed by atoms with van der Waals surface area (Å²) < 4.78 is 57.4. The number of sulfone groups is 1. The van der Waals surface area contributed by atoms with Crippen LogP contribution in [0, 0.1) is 0 Å². The van der Waals surface area contributed by atoms with Crippen molar-refractivity contribution in [1.82, 2.24) is 10.6 Å². The van der Waals surface area contributed by atoms with Crippen LogP contribution in [0.3, 0.4) is 0 Å². The minimum absolute atomic E-state index is 0.0151.